The number of hydrogen-bond acceptors (Lipinski definition) is 10. The van der Waals surface area contributed by atoms with Crippen LogP contribution < -0.4 is 10.1 Å². The molecule has 0 saturated carbocycles. The number of aliphatic hydroxyl groups is 4. The van der Waals surface area contributed by atoms with Gasteiger partial charge in [0.15, 0.2) is 6.29 Å². The lowest BCUT2D eigenvalue weighted by atomic mass is 9.97. The number of thiocarbonyl (C=S) groups is 1. The lowest BCUT2D eigenvalue weighted by molar-refractivity contribution is -0.253. The third-order valence-electron chi connectivity index (χ3n) is 4.82. The molecule has 168 valence electrons. The highest BCUT2D eigenvalue weighted by atomic mass is 32.2. The number of nitrogens with one attached hydrogen (secondary N) is 1. The second-order valence-electron chi connectivity index (χ2n) is 6.86. The van der Waals surface area contributed by atoms with E-state index in [1.54, 1.807) is 37.5 Å². The molecule has 2 aliphatic rings. The average molecular weight is 471 g/mol. The fourth-order valence-corrected chi connectivity index (χ4v) is 4.37. The quantitative estimate of drug-likeness (QED) is 0.254. The van der Waals surface area contributed by atoms with Crippen LogP contribution >= 0.6 is 24.0 Å². The molecule has 2 fully saturated rings. The van der Waals surface area contributed by atoms with Crippen LogP contribution in [0.1, 0.15) is 5.56 Å². The van der Waals surface area contributed by atoms with Crippen molar-refractivity contribution in [3.8, 4) is 5.75 Å². The maximum atomic E-state index is 12.7. The number of amides is 2. The minimum Gasteiger partial charge on any atom is -0.497 e. The molecule has 12 heteroatoms. The molecule has 0 unspecified atom stereocenters. The Morgan fingerprint density at radius 1 is 1.29 bits per heavy atom. The monoisotopic (exact) mass is 470 g/mol. The third kappa shape index (κ3) is 5.23. The molecule has 0 bridgehead atoms. The van der Waals surface area contributed by atoms with Crippen molar-refractivity contribution in [2.45, 2.75) is 30.6 Å². The maximum absolute atomic E-state index is 12.7. The van der Waals surface area contributed by atoms with Gasteiger partial charge in [-0.1, -0.05) is 36.1 Å². The lowest BCUT2D eigenvalue weighted by Gasteiger charge is -2.40. The molecule has 2 aliphatic heterocycles. The molecule has 0 radical (unpaired) electrons. The predicted octanol–water partition coefficient (Wildman–Crippen LogP) is -1.19. The lowest BCUT2D eigenvalue weighted by Crippen LogP contribution is -2.64. The zero-order valence-corrected chi connectivity index (χ0v) is 18.0. The number of methoxy groups -OCH3 is 1. The minimum absolute atomic E-state index is 0.182. The largest absolute Gasteiger partial charge is 0.497 e. The Morgan fingerprint density at radius 3 is 2.58 bits per heavy atom. The Morgan fingerprint density at radius 2 is 1.97 bits per heavy atom. The van der Waals surface area contributed by atoms with Gasteiger partial charge in [-0.2, -0.15) is 0 Å². The van der Waals surface area contributed by atoms with Crippen LogP contribution in [0.15, 0.2) is 29.2 Å². The summed E-state index contributed by atoms with van der Waals surface area (Å²) >= 11 is 6.25. The molecule has 10 nitrogen and oxygen atoms in total. The highest BCUT2D eigenvalue weighted by molar-refractivity contribution is 8.26. The Balaban J connectivity index is 1.64. The van der Waals surface area contributed by atoms with Gasteiger partial charge in [0, 0.05) is 0 Å². The SMILES string of the molecule is COc1ccc(/C=C2\SC(=S)N(CC(=O)N[C@@H]3[C@@H](O)[C@H](O)[C@H](CO)O[C@H]3O)C2=O)cc1. The van der Waals surface area contributed by atoms with Crippen molar-refractivity contribution in [3.05, 3.63) is 34.7 Å². The molecule has 2 amide bonds. The Hall–Kier alpha value is -2.06. The van der Waals surface area contributed by atoms with Crippen LogP contribution in [-0.4, -0.2) is 92.4 Å². The first-order chi connectivity index (χ1) is 14.7. The molecule has 1 aromatic rings. The number of aliphatic hydroxyl groups excluding tert-OH is 4. The number of carbonyl (C=O) groups excluding carboxylic acids is 2. The van der Waals surface area contributed by atoms with Gasteiger partial charge in [0.25, 0.3) is 5.91 Å². The molecule has 5 N–H and O–H groups in total. The van der Waals surface area contributed by atoms with E-state index in [1.165, 1.54) is 0 Å². The second-order valence-corrected chi connectivity index (χ2v) is 8.54. The van der Waals surface area contributed by atoms with Gasteiger partial charge in [-0.05, 0) is 23.8 Å². The van der Waals surface area contributed by atoms with Gasteiger partial charge in [0.2, 0.25) is 5.91 Å². The van der Waals surface area contributed by atoms with Gasteiger partial charge in [0.1, 0.15) is 41.0 Å². The highest BCUT2D eigenvalue weighted by Crippen LogP contribution is 2.32. The minimum atomic E-state index is -1.65. The molecule has 1 aromatic carbocycles. The molecule has 0 spiro atoms. The Bertz CT molecular complexity index is 878. The molecular weight excluding hydrogens is 448 g/mol. The van der Waals surface area contributed by atoms with Crippen LogP contribution in [0.25, 0.3) is 6.08 Å². The van der Waals surface area contributed by atoms with E-state index in [0.717, 1.165) is 22.2 Å². The summed E-state index contributed by atoms with van der Waals surface area (Å²) in [6, 6.07) is 5.69. The first kappa shape index (κ1) is 23.6. The number of rotatable bonds is 6. The molecular formula is C19H22N2O8S2. The van der Waals surface area contributed by atoms with Crippen LogP contribution in [0.3, 0.4) is 0 Å². The van der Waals surface area contributed by atoms with Gasteiger partial charge in [-0.3, -0.25) is 14.5 Å². The van der Waals surface area contributed by atoms with Crippen molar-refractivity contribution >= 4 is 46.2 Å². The highest BCUT2D eigenvalue weighted by Gasteiger charge is 2.44. The number of carbonyl (C=O) groups is 2. The first-order valence-electron chi connectivity index (χ1n) is 9.24. The van der Waals surface area contributed by atoms with Gasteiger partial charge in [-0.15, -0.1) is 0 Å². The van der Waals surface area contributed by atoms with Crippen LogP contribution in [0.4, 0.5) is 0 Å². The van der Waals surface area contributed by atoms with Crippen molar-refractivity contribution < 1.29 is 39.5 Å². The van der Waals surface area contributed by atoms with E-state index in [1.807, 2.05) is 0 Å². The van der Waals surface area contributed by atoms with Gasteiger partial charge < -0.3 is 35.2 Å². The summed E-state index contributed by atoms with van der Waals surface area (Å²) in [5.41, 5.74) is 0.753. The van der Waals surface area contributed by atoms with E-state index in [9.17, 15) is 24.9 Å². The predicted molar refractivity (Wildman–Crippen MR) is 115 cm³/mol. The van der Waals surface area contributed by atoms with Crippen LogP contribution in [-0.2, 0) is 14.3 Å². The molecule has 2 heterocycles. The van der Waals surface area contributed by atoms with Crippen LogP contribution in [0, 0.1) is 0 Å². The number of nitrogens with zero attached hydrogens (tertiary/aromatic N) is 1. The Kier molecular flexibility index (Phi) is 7.64. The van der Waals surface area contributed by atoms with Crippen molar-refractivity contribution in [2.24, 2.45) is 0 Å². The van der Waals surface area contributed by atoms with Crippen molar-refractivity contribution in [2.75, 3.05) is 20.3 Å². The normalized spacial score (nSPS) is 30.0. The number of hydrogen-bond donors (Lipinski definition) is 5. The molecule has 31 heavy (non-hydrogen) atoms. The van der Waals surface area contributed by atoms with Crippen LogP contribution in [0.5, 0.6) is 5.75 Å². The Labute approximate surface area is 187 Å². The zero-order valence-electron chi connectivity index (χ0n) is 16.4. The molecule has 5 atom stereocenters. The fraction of sp³-hybridized carbons (Fsp3) is 0.421. The van der Waals surface area contributed by atoms with E-state index >= 15 is 0 Å². The molecule has 3 rings (SSSR count). The van der Waals surface area contributed by atoms with Gasteiger partial charge in [-0.25, -0.2) is 0 Å². The van der Waals surface area contributed by atoms with Crippen LogP contribution in [0.2, 0.25) is 0 Å². The summed E-state index contributed by atoms with van der Waals surface area (Å²) in [7, 11) is 1.55. The summed E-state index contributed by atoms with van der Waals surface area (Å²) in [5, 5.41) is 41.4. The number of ether oxygens (including phenoxy) is 2. The smallest absolute Gasteiger partial charge is 0.266 e. The maximum Gasteiger partial charge on any atom is 0.266 e. The van der Waals surface area contributed by atoms with Crippen molar-refractivity contribution in [1.82, 2.24) is 10.2 Å². The first-order valence-corrected chi connectivity index (χ1v) is 10.5. The summed E-state index contributed by atoms with van der Waals surface area (Å²) in [6.45, 7) is -1.06. The standard InChI is InChI=1S/C19H22N2O8S2/c1-28-10-4-2-9(3-5-10)6-12-17(26)21(19(30)31-12)7-13(23)20-14-16(25)15(24)11(8-22)29-18(14)27/h2-6,11,14-16,18,22,24-25,27H,7-8H2,1H3,(H,20,23)/b12-6-/t11-,14+,15+,16+,18+/m0/s1. The zero-order chi connectivity index (χ0) is 22.7. The summed E-state index contributed by atoms with van der Waals surface area (Å²) in [6.07, 6.45) is -4.29. The molecule has 0 aromatic heterocycles. The summed E-state index contributed by atoms with van der Waals surface area (Å²) in [4.78, 5) is 26.5. The number of benzene rings is 1. The van der Waals surface area contributed by atoms with E-state index in [4.69, 9.17) is 26.8 Å². The average Bonchev–Trinajstić information content (AvgIpc) is 3.01. The summed E-state index contributed by atoms with van der Waals surface area (Å²) in [5.74, 6) is -0.501. The third-order valence-corrected chi connectivity index (χ3v) is 6.19. The molecule has 0 aliphatic carbocycles. The summed E-state index contributed by atoms with van der Waals surface area (Å²) < 4.78 is 10.3. The van der Waals surface area contributed by atoms with E-state index in [2.05, 4.69) is 5.32 Å². The van der Waals surface area contributed by atoms with E-state index < -0.39 is 55.6 Å². The van der Waals surface area contributed by atoms with E-state index in [0.29, 0.717) is 10.7 Å². The van der Waals surface area contributed by atoms with Crippen molar-refractivity contribution in [1.29, 1.82) is 0 Å². The van der Waals surface area contributed by atoms with Gasteiger partial charge in [0.05, 0.1) is 18.6 Å². The number of thioether (sulfide) groups is 1. The van der Waals surface area contributed by atoms with E-state index in [-0.39, 0.29) is 4.32 Å². The molecule has 2 saturated heterocycles. The topological polar surface area (TPSA) is 149 Å². The van der Waals surface area contributed by atoms with Crippen molar-refractivity contribution in [3.63, 3.8) is 0 Å². The fourth-order valence-electron chi connectivity index (χ4n) is 3.12. The second kappa shape index (κ2) is 10.0. The van der Waals surface area contributed by atoms with Gasteiger partial charge >= 0.3 is 0 Å².